The number of carbonyl (C=O) groups is 3. The lowest BCUT2D eigenvalue weighted by molar-refractivity contribution is -0.121. The average Bonchev–Trinajstić information content (AvgIpc) is 2.97. The van der Waals surface area contributed by atoms with Gasteiger partial charge in [-0.2, -0.15) is 0 Å². The van der Waals surface area contributed by atoms with Gasteiger partial charge in [0.15, 0.2) is 0 Å². The summed E-state index contributed by atoms with van der Waals surface area (Å²) in [4.78, 5) is 38.0. The van der Waals surface area contributed by atoms with E-state index < -0.39 is 12.0 Å². The van der Waals surface area contributed by atoms with Crippen LogP contribution in [0.4, 0.5) is 5.69 Å². The van der Waals surface area contributed by atoms with Gasteiger partial charge in [-0.1, -0.05) is 29.3 Å². The van der Waals surface area contributed by atoms with Crippen LogP contribution in [0.5, 0.6) is 0 Å². The van der Waals surface area contributed by atoms with Crippen molar-refractivity contribution in [1.82, 2.24) is 5.32 Å². The zero-order valence-electron chi connectivity index (χ0n) is 15.8. The van der Waals surface area contributed by atoms with Crippen LogP contribution in [0, 0.1) is 0 Å². The number of halogens is 2. The zero-order valence-corrected chi connectivity index (χ0v) is 17.3. The minimum atomic E-state index is -0.599. The van der Waals surface area contributed by atoms with Gasteiger partial charge < -0.3 is 10.1 Å². The first-order valence-corrected chi connectivity index (χ1v) is 9.97. The number of carbonyl (C=O) groups excluding carboxylic acids is 3. The van der Waals surface area contributed by atoms with E-state index in [0.717, 1.165) is 10.5 Å². The Hall–Kier alpha value is -2.41. The molecule has 0 radical (unpaired) electrons. The number of amides is 2. The van der Waals surface area contributed by atoms with Crippen molar-refractivity contribution in [2.24, 2.45) is 0 Å². The Kier molecular flexibility index (Phi) is 6.90. The lowest BCUT2D eigenvalue weighted by Gasteiger charge is -2.16. The number of hydrogen-bond acceptors (Lipinski definition) is 5. The van der Waals surface area contributed by atoms with Gasteiger partial charge in [0.25, 0.3) is 5.91 Å². The Morgan fingerprint density at radius 1 is 1.17 bits per heavy atom. The quantitative estimate of drug-likeness (QED) is 0.531. The van der Waals surface area contributed by atoms with E-state index in [1.165, 1.54) is 12.1 Å². The first-order valence-electron chi connectivity index (χ1n) is 9.22. The van der Waals surface area contributed by atoms with Crippen molar-refractivity contribution in [2.75, 3.05) is 18.1 Å². The molecule has 29 heavy (non-hydrogen) atoms. The summed E-state index contributed by atoms with van der Waals surface area (Å²) in [6, 6.07) is 10.9. The van der Waals surface area contributed by atoms with Crippen molar-refractivity contribution in [3.8, 4) is 0 Å². The van der Waals surface area contributed by atoms with Crippen molar-refractivity contribution in [3.05, 3.63) is 63.6 Å². The Morgan fingerprint density at radius 2 is 1.90 bits per heavy atom. The van der Waals surface area contributed by atoms with Crippen LogP contribution in [-0.2, 0) is 20.7 Å². The molecule has 1 fully saturated rings. The van der Waals surface area contributed by atoms with Crippen molar-refractivity contribution >= 4 is 46.7 Å². The van der Waals surface area contributed by atoms with E-state index in [4.69, 9.17) is 27.9 Å². The van der Waals surface area contributed by atoms with Crippen LogP contribution >= 0.6 is 23.2 Å². The van der Waals surface area contributed by atoms with Crippen LogP contribution < -0.4 is 10.2 Å². The molecule has 0 spiro atoms. The van der Waals surface area contributed by atoms with Crippen molar-refractivity contribution in [1.29, 1.82) is 0 Å². The topological polar surface area (TPSA) is 75.7 Å². The summed E-state index contributed by atoms with van der Waals surface area (Å²) in [7, 11) is 0. The number of nitrogens with zero attached hydrogens (tertiary/aromatic N) is 1. The largest absolute Gasteiger partial charge is 0.462 e. The lowest BCUT2D eigenvalue weighted by atomic mass is 10.1. The molecule has 6 nitrogen and oxygen atoms in total. The molecule has 1 heterocycles. The molecule has 0 aromatic heterocycles. The fourth-order valence-electron chi connectivity index (χ4n) is 3.13. The van der Waals surface area contributed by atoms with Crippen LogP contribution in [0.1, 0.15) is 29.3 Å². The Morgan fingerprint density at radius 3 is 2.55 bits per heavy atom. The number of nitrogens with one attached hydrogen (secondary N) is 1. The standard InChI is InChI=1S/C21H20Cl2N2O4/c1-2-29-21(28)14-4-7-16(8-5-14)25-19(26)12-18(20(25)27)24-10-9-13-3-6-15(22)11-17(13)23/h3-8,11,18,24H,2,9-10,12H2,1H3. The fraction of sp³-hybridized carbons (Fsp3) is 0.286. The maximum absolute atomic E-state index is 12.7. The molecule has 0 saturated carbocycles. The highest BCUT2D eigenvalue weighted by molar-refractivity contribution is 6.35. The molecular weight excluding hydrogens is 415 g/mol. The third-order valence-corrected chi connectivity index (χ3v) is 5.17. The average molecular weight is 435 g/mol. The second kappa shape index (κ2) is 9.39. The Labute approximate surface area is 178 Å². The van der Waals surface area contributed by atoms with Crippen LogP contribution in [0.15, 0.2) is 42.5 Å². The summed E-state index contributed by atoms with van der Waals surface area (Å²) in [5.41, 5.74) is 1.70. The Balaban J connectivity index is 1.61. The number of rotatable bonds is 7. The van der Waals surface area contributed by atoms with Gasteiger partial charge in [-0.05, 0) is 61.9 Å². The number of benzene rings is 2. The van der Waals surface area contributed by atoms with Gasteiger partial charge in [0, 0.05) is 10.0 Å². The molecule has 0 bridgehead atoms. The van der Waals surface area contributed by atoms with Crippen LogP contribution in [0.2, 0.25) is 10.0 Å². The van der Waals surface area contributed by atoms with Gasteiger partial charge in [-0.3, -0.25) is 9.59 Å². The predicted molar refractivity (Wildman–Crippen MR) is 111 cm³/mol. The van der Waals surface area contributed by atoms with E-state index in [1.807, 2.05) is 6.07 Å². The number of hydrogen-bond donors (Lipinski definition) is 1. The molecule has 0 aliphatic carbocycles. The Bertz CT molecular complexity index is 931. The summed E-state index contributed by atoms with van der Waals surface area (Å²) in [5.74, 6) is -1.06. The predicted octanol–water partition coefficient (Wildman–Crippen LogP) is 3.63. The summed E-state index contributed by atoms with van der Waals surface area (Å²) < 4.78 is 4.94. The molecule has 2 aromatic rings. The highest BCUT2D eigenvalue weighted by atomic mass is 35.5. The normalized spacial score (nSPS) is 16.4. The number of esters is 1. The van der Waals surface area contributed by atoms with E-state index in [9.17, 15) is 14.4 Å². The molecule has 1 saturated heterocycles. The van der Waals surface area contributed by atoms with Gasteiger partial charge in [0.1, 0.15) is 0 Å². The second-order valence-corrected chi connectivity index (χ2v) is 7.37. The monoisotopic (exact) mass is 434 g/mol. The number of ether oxygens (including phenoxy) is 1. The zero-order chi connectivity index (χ0) is 21.0. The van der Waals surface area contributed by atoms with Crippen molar-refractivity contribution in [2.45, 2.75) is 25.8 Å². The minimum Gasteiger partial charge on any atom is -0.462 e. The molecule has 152 valence electrons. The van der Waals surface area contributed by atoms with E-state index in [-0.39, 0.29) is 24.8 Å². The third kappa shape index (κ3) is 4.96. The maximum Gasteiger partial charge on any atom is 0.338 e. The molecule has 1 aliphatic rings. The summed E-state index contributed by atoms with van der Waals surface area (Å²) in [5, 5.41) is 4.25. The van der Waals surface area contributed by atoms with E-state index in [1.54, 1.807) is 31.2 Å². The molecule has 1 atom stereocenters. The molecule has 2 aromatic carbocycles. The molecule has 3 rings (SSSR count). The van der Waals surface area contributed by atoms with Crippen LogP contribution in [-0.4, -0.2) is 37.0 Å². The number of anilines is 1. The smallest absolute Gasteiger partial charge is 0.338 e. The van der Waals surface area contributed by atoms with Gasteiger partial charge in [0.2, 0.25) is 5.91 Å². The molecule has 8 heteroatoms. The summed E-state index contributed by atoms with van der Waals surface area (Å²) in [6.07, 6.45) is 0.676. The molecular formula is C21H20Cl2N2O4. The van der Waals surface area contributed by atoms with Gasteiger partial charge in [-0.25, -0.2) is 9.69 Å². The van der Waals surface area contributed by atoms with Crippen molar-refractivity contribution < 1.29 is 19.1 Å². The van der Waals surface area contributed by atoms with Gasteiger partial charge in [0.05, 0.1) is 30.3 Å². The van der Waals surface area contributed by atoms with E-state index in [2.05, 4.69) is 5.32 Å². The third-order valence-electron chi connectivity index (χ3n) is 4.58. The first kappa shape index (κ1) is 21.3. The van der Waals surface area contributed by atoms with E-state index in [0.29, 0.717) is 34.3 Å². The SMILES string of the molecule is CCOC(=O)c1ccc(N2C(=O)CC(NCCc3ccc(Cl)cc3Cl)C2=O)cc1. The molecule has 1 N–H and O–H groups in total. The lowest BCUT2D eigenvalue weighted by Crippen LogP contribution is -2.39. The second-order valence-electron chi connectivity index (χ2n) is 6.53. The summed E-state index contributed by atoms with van der Waals surface area (Å²) in [6.45, 7) is 2.49. The molecule has 1 unspecified atom stereocenters. The van der Waals surface area contributed by atoms with Crippen molar-refractivity contribution in [3.63, 3.8) is 0 Å². The highest BCUT2D eigenvalue weighted by Crippen LogP contribution is 2.24. The maximum atomic E-state index is 12.7. The first-order chi connectivity index (χ1) is 13.9. The molecule has 2 amide bonds. The van der Waals surface area contributed by atoms with Crippen LogP contribution in [0.3, 0.4) is 0 Å². The molecule has 1 aliphatic heterocycles. The van der Waals surface area contributed by atoms with E-state index >= 15 is 0 Å². The fourth-order valence-corrected chi connectivity index (χ4v) is 3.63. The minimum absolute atomic E-state index is 0.0762. The summed E-state index contributed by atoms with van der Waals surface area (Å²) >= 11 is 12.1. The number of imide groups is 1. The van der Waals surface area contributed by atoms with Crippen LogP contribution in [0.25, 0.3) is 0 Å². The van der Waals surface area contributed by atoms with Gasteiger partial charge in [-0.15, -0.1) is 0 Å². The van der Waals surface area contributed by atoms with Gasteiger partial charge >= 0.3 is 5.97 Å². The highest BCUT2D eigenvalue weighted by Gasteiger charge is 2.39.